The van der Waals surface area contributed by atoms with Crippen LogP contribution in [0.4, 0.5) is 11.4 Å². The number of benzene rings is 1. The molecular formula is C12H19ArN3O3S. The standard InChI is InChI=1S/C12H19N3O3S.Ar/c1-14-5-7-15(8-6-14)11-9-10(13-17-18-19)3-4-12(11)16-2;/h3-4,9,13,19H,5-8H2,1-2H3;. The van der Waals surface area contributed by atoms with Gasteiger partial charge in [0.25, 0.3) is 0 Å². The van der Waals surface area contributed by atoms with Crippen molar-refractivity contribution in [3.05, 3.63) is 18.2 Å². The molecule has 114 valence electrons. The van der Waals surface area contributed by atoms with Crippen LogP contribution in [0.1, 0.15) is 0 Å². The third kappa shape index (κ3) is 4.84. The number of methoxy groups -OCH3 is 1. The molecule has 0 radical (unpaired) electrons. The number of nitrogens with zero attached hydrogens (tertiary/aromatic N) is 2. The zero-order chi connectivity index (χ0) is 13.7. The van der Waals surface area contributed by atoms with E-state index in [9.17, 15) is 0 Å². The second-order valence-corrected chi connectivity index (χ2v) is 4.59. The summed E-state index contributed by atoms with van der Waals surface area (Å²) >= 11 is 3.50. The minimum absolute atomic E-state index is 0. The van der Waals surface area contributed by atoms with Crippen molar-refractivity contribution in [2.45, 2.75) is 0 Å². The molecule has 0 amide bonds. The summed E-state index contributed by atoms with van der Waals surface area (Å²) in [6, 6.07) is 5.72. The van der Waals surface area contributed by atoms with E-state index in [2.05, 4.69) is 44.6 Å². The van der Waals surface area contributed by atoms with Gasteiger partial charge in [0.1, 0.15) is 5.75 Å². The fourth-order valence-electron chi connectivity index (χ4n) is 2.11. The summed E-state index contributed by atoms with van der Waals surface area (Å²) in [6.07, 6.45) is 0. The van der Waals surface area contributed by atoms with Gasteiger partial charge in [0.05, 0.1) is 18.5 Å². The minimum Gasteiger partial charge on any atom is -0.495 e. The van der Waals surface area contributed by atoms with E-state index in [4.69, 9.17) is 4.74 Å². The summed E-state index contributed by atoms with van der Waals surface area (Å²) in [7, 11) is 3.81. The van der Waals surface area contributed by atoms with Gasteiger partial charge in [-0.2, -0.15) is 0 Å². The molecule has 1 aliphatic rings. The van der Waals surface area contributed by atoms with E-state index in [-0.39, 0.29) is 37.7 Å². The third-order valence-electron chi connectivity index (χ3n) is 3.22. The number of anilines is 2. The van der Waals surface area contributed by atoms with Crippen molar-refractivity contribution in [1.82, 2.24) is 4.90 Å². The molecule has 0 atom stereocenters. The van der Waals surface area contributed by atoms with E-state index >= 15 is 0 Å². The Bertz CT molecular complexity index is 417. The maximum absolute atomic E-state index is 5.41. The second-order valence-electron chi connectivity index (χ2n) is 4.44. The van der Waals surface area contributed by atoms with Gasteiger partial charge in [-0.15, -0.1) is 9.32 Å². The van der Waals surface area contributed by atoms with Crippen LogP contribution in [0.25, 0.3) is 0 Å². The number of nitrogens with one attached hydrogen (secondary N) is 1. The molecule has 0 bridgehead atoms. The Balaban J connectivity index is 0.00000200. The van der Waals surface area contributed by atoms with E-state index in [1.807, 2.05) is 18.2 Å². The van der Waals surface area contributed by atoms with Crippen LogP contribution < -0.4 is 15.1 Å². The van der Waals surface area contributed by atoms with E-state index in [0.29, 0.717) is 0 Å². The number of rotatable bonds is 5. The molecule has 1 saturated heterocycles. The molecule has 1 heterocycles. The first-order valence-electron chi connectivity index (χ1n) is 6.09. The van der Waals surface area contributed by atoms with Crippen molar-refractivity contribution in [2.75, 3.05) is 50.7 Å². The molecule has 20 heavy (non-hydrogen) atoms. The van der Waals surface area contributed by atoms with E-state index < -0.39 is 0 Å². The van der Waals surface area contributed by atoms with Crippen molar-refractivity contribution < 1.29 is 51.8 Å². The van der Waals surface area contributed by atoms with Gasteiger partial charge >= 0.3 is 0 Å². The smallest absolute Gasteiger partial charge is 0.142 e. The van der Waals surface area contributed by atoms with Crippen LogP contribution in [-0.2, 0) is 9.32 Å². The molecule has 1 aromatic rings. The van der Waals surface area contributed by atoms with Crippen LogP contribution in [0.5, 0.6) is 5.75 Å². The first kappa shape index (κ1) is 18.2. The second kappa shape index (κ2) is 9.19. The number of likely N-dealkylation sites (N-methyl/N-ethyl adjacent to an activating group) is 1. The van der Waals surface area contributed by atoms with Crippen molar-refractivity contribution >= 4 is 24.3 Å². The molecule has 1 fully saturated rings. The molecule has 2 rings (SSSR count). The number of piperazine rings is 1. The zero-order valence-electron chi connectivity index (χ0n) is 11.5. The van der Waals surface area contributed by atoms with E-state index in [1.54, 1.807) is 7.11 Å². The van der Waals surface area contributed by atoms with Crippen LogP contribution in [0.15, 0.2) is 18.2 Å². The molecule has 1 N–H and O–H groups in total. The maximum Gasteiger partial charge on any atom is 0.142 e. The van der Waals surface area contributed by atoms with Crippen molar-refractivity contribution in [3.8, 4) is 5.75 Å². The van der Waals surface area contributed by atoms with E-state index in [1.165, 1.54) is 0 Å². The molecule has 6 nitrogen and oxygen atoms in total. The van der Waals surface area contributed by atoms with Gasteiger partial charge < -0.3 is 14.5 Å². The Morgan fingerprint density at radius 2 is 1.90 bits per heavy atom. The maximum atomic E-state index is 5.41. The third-order valence-corrected chi connectivity index (χ3v) is 3.29. The fraction of sp³-hybridized carbons (Fsp3) is 0.500. The Kier molecular flexibility index (Phi) is 8.35. The molecule has 1 aliphatic heterocycles. The van der Waals surface area contributed by atoms with Gasteiger partial charge in [-0.3, -0.25) is 0 Å². The normalized spacial score (nSPS) is 15.7. The van der Waals surface area contributed by atoms with Crippen LogP contribution in [0.2, 0.25) is 0 Å². The summed E-state index contributed by atoms with van der Waals surface area (Å²) < 4.78 is 9.65. The summed E-state index contributed by atoms with van der Waals surface area (Å²) in [4.78, 5) is 9.20. The topological polar surface area (TPSA) is 46.2 Å². The summed E-state index contributed by atoms with van der Waals surface area (Å²) in [5.74, 6) is 0.849. The number of hydrogen-bond acceptors (Lipinski definition) is 7. The Morgan fingerprint density at radius 3 is 2.50 bits per heavy atom. The number of thiol groups is 1. The van der Waals surface area contributed by atoms with Crippen molar-refractivity contribution in [1.29, 1.82) is 0 Å². The predicted octanol–water partition coefficient (Wildman–Crippen LogP) is 1.57. The van der Waals surface area contributed by atoms with Gasteiger partial charge in [0.15, 0.2) is 0 Å². The fourth-order valence-corrected chi connectivity index (χ4v) is 2.15. The van der Waals surface area contributed by atoms with Gasteiger partial charge in [0.2, 0.25) is 0 Å². The molecule has 0 aromatic heterocycles. The van der Waals surface area contributed by atoms with Gasteiger partial charge in [-0.25, -0.2) is 5.48 Å². The number of ether oxygens (including phenoxy) is 1. The number of hydrogen-bond donors (Lipinski definition) is 2. The Morgan fingerprint density at radius 1 is 1.20 bits per heavy atom. The van der Waals surface area contributed by atoms with Crippen molar-refractivity contribution in [2.24, 2.45) is 0 Å². The average Bonchev–Trinajstić information content (AvgIpc) is 2.45. The molecule has 0 unspecified atom stereocenters. The molecule has 0 saturated carbocycles. The van der Waals surface area contributed by atoms with Crippen LogP contribution in [-0.4, -0.2) is 45.2 Å². The molecule has 8 heteroatoms. The minimum atomic E-state index is 0. The summed E-state index contributed by atoms with van der Waals surface area (Å²) in [5, 5.41) is 0. The van der Waals surface area contributed by atoms with Gasteiger partial charge in [-0.1, -0.05) is 0 Å². The van der Waals surface area contributed by atoms with Crippen molar-refractivity contribution in [3.63, 3.8) is 0 Å². The monoisotopic (exact) mass is 325 g/mol. The van der Waals surface area contributed by atoms with Crippen LogP contribution >= 0.6 is 12.9 Å². The molecule has 0 aliphatic carbocycles. The largest absolute Gasteiger partial charge is 0.495 e. The summed E-state index contributed by atoms with van der Waals surface area (Å²) in [5.41, 5.74) is 4.47. The van der Waals surface area contributed by atoms with Crippen LogP contribution in [0.3, 0.4) is 0 Å². The molecule has 0 spiro atoms. The average molecular weight is 325 g/mol. The SMILES string of the molecule is COc1ccc(NOOS)cc1N1CCN(C)CC1.[Ar]. The Hall–Kier alpha value is 0.110. The molecular weight excluding hydrogens is 306 g/mol. The first-order valence-corrected chi connectivity index (χ1v) is 6.45. The van der Waals surface area contributed by atoms with E-state index in [0.717, 1.165) is 43.3 Å². The molecule has 1 aromatic carbocycles. The van der Waals surface area contributed by atoms with Gasteiger partial charge in [0, 0.05) is 76.8 Å². The Labute approximate surface area is 154 Å². The zero-order valence-corrected chi connectivity index (χ0v) is 13.1. The predicted molar refractivity (Wildman–Crippen MR) is 77.5 cm³/mol. The van der Waals surface area contributed by atoms with Gasteiger partial charge in [-0.05, 0) is 25.2 Å². The first-order chi connectivity index (χ1) is 9.24. The van der Waals surface area contributed by atoms with Crippen LogP contribution in [0, 0.1) is 37.7 Å². The summed E-state index contributed by atoms with van der Waals surface area (Å²) in [6.45, 7) is 4.02. The quantitative estimate of drug-likeness (QED) is 0.371.